The molecule has 4 heteroatoms. The number of hydrogen-bond donors (Lipinski definition) is 1. The maximum atomic E-state index is 14.1. The van der Waals surface area contributed by atoms with Crippen LogP contribution >= 0.6 is 0 Å². The summed E-state index contributed by atoms with van der Waals surface area (Å²) in [7, 11) is 0. The molecule has 0 aliphatic heterocycles. The first-order valence-electron chi connectivity index (χ1n) is 6.93. The minimum absolute atomic E-state index is 0.0467. The van der Waals surface area contributed by atoms with Crippen molar-refractivity contribution in [2.24, 2.45) is 11.3 Å². The van der Waals surface area contributed by atoms with Gasteiger partial charge in [0.1, 0.15) is 11.6 Å². The zero-order valence-electron chi connectivity index (χ0n) is 12.4. The molecule has 1 saturated carbocycles. The van der Waals surface area contributed by atoms with Gasteiger partial charge in [-0.25, -0.2) is 8.78 Å². The number of hydrogen-bond acceptors (Lipinski definition) is 1. The molecule has 2 nitrogen and oxygen atoms in total. The van der Waals surface area contributed by atoms with Crippen LogP contribution in [-0.4, -0.2) is 12.5 Å². The molecule has 0 heterocycles. The Kier molecular flexibility index (Phi) is 3.61. The Morgan fingerprint density at radius 3 is 2.40 bits per heavy atom. The molecule has 1 aromatic rings. The summed E-state index contributed by atoms with van der Waals surface area (Å²) in [4.78, 5) is 11.7. The highest BCUT2D eigenvalue weighted by atomic mass is 19.1. The Morgan fingerprint density at radius 2 is 1.95 bits per heavy atom. The summed E-state index contributed by atoms with van der Waals surface area (Å²) >= 11 is 0. The fourth-order valence-corrected chi connectivity index (χ4v) is 2.89. The van der Waals surface area contributed by atoms with Crippen LogP contribution in [0.2, 0.25) is 0 Å². The van der Waals surface area contributed by atoms with E-state index < -0.39 is 17.0 Å². The lowest BCUT2D eigenvalue weighted by molar-refractivity contribution is -0.124. The minimum atomic E-state index is -0.578. The first kappa shape index (κ1) is 14.9. The molecule has 2 rings (SSSR count). The largest absolute Gasteiger partial charge is 0.355 e. The zero-order chi connectivity index (χ0) is 15.1. The van der Waals surface area contributed by atoms with Crippen LogP contribution < -0.4 is 5.32 Å². The molecular formula is C16H21F2NO. The molecule has 0 spiro atoms. The number of amides is 1. The van der Waals surface area contributed by atoms with Gasteiger partial charge < -0.3 is 5.32 Å². The van der Waals surface area contributed by atoms with Crippen molar-refractivity contribution < 1.29 is 13.6 Å². The molecule has 1 fully saturated rings. The molecule has 1 atom stereocenters. The van der Waals surface area contributed by atoms with Crippen molar-refractivity contribution >= 4 is 5.91 Å². The number of benzene rings is 1. The van der Waals surface area contributed by atoms with Crippen molar-refractivity contribution in [2.75, 3.05) is 6.54 Å². The van der Waals surface area contributed by atoms with Gasteiger partial charge in [-0.15, -0.1) is 0 Å². The SMILES string of the molecule is CC(C)C(=O)NCC1(c2ccc(F)cc2F)CC1(C)C. The van der Waals surface area contributed by atoms with Gasteiger partial charge in [-0.05, 0) is 23.5 Å². The minimum Gasteiger partial charge on any atom is -0.355 e. The lowest BCUT2D eigenvalue weighted by atomic mass is 9.87. The molecule has 110 valence electrons. The molecule has 20 heavy (non-hydrogen) atoms. The van der Waals surface area contributed by atoms with Crippen LogP contribution in [-0.2, 0) is 10.2 Å². The topological polar surface area (TPSA) is 29.1 Å². The van der Waals surface area contributed by atoms with Crippen LogP contribution in [0.1, 0.15) is 39.7 Å². The van der Waals surface area contributed by atoms with Crippen molar-refractivity contribution in [3.05, 3.63) is 35.4 Å². The van der Waals surface area contributed by atoms with Gasteiger partial charge in [0.05, 0.1) is 0 Å². The summed E-state index contributed by atoms with van der Waals surface area (Å²) in [6.45, 7) is 8.10. The van der Waals surface area contributed by atoms with Gasteiger partial charge >= 0.3 is 0 Å². The van der Waals surface area contributed by atoms with Crippen molar-refractivity contribution in [3.63, 3.8) is 0 Å². The molecule has 0 saturated heterocycles. The van der Waals surface area contributed by atoms with Gasteiger partial charge in [0, 0.05) is 23.9 Å². The molecule has 1 aliphatic rings. The number of halogens is 2. The van der Waals surface area contributed by atoms with Gasteiger partial charge in [-0.3, -0.25) is 4.79 Å². The highest BCUT2D eigenvalue weighted by molar-refractivity contribution is 5.78. The second-order valence-electron chi connectivity index (χ2n) is 6.64. The number of rotatable bonds is 4. The number of carbonyl (C=O) groups excluding carboxylic acids is 1. The van der Waals surface area contributed by atoms with Gasteiger partial charge in [-0.1, -0.05) is 33.8 Å². The predicted octanol–water partition coefficient (Wildman–Crippen LogP) is 3.40. The zero-order valence-corrected chi connectivity index (χ0v) is 12.4. The van der Waals surface area contributed by atoms with Crippen LogP contribution in [0.4, 0.5) is 8.78 Å². The molecule has 1 aromatic carbocycles. The Bertz CT molecular complexity index is 539. The van der Waals surface area contributed by atoms with E-state index in [1.54, 1.807) is 0 Å². The van der Waals surface area contributed by atoms with Crippen LogP contribution in [0.5, 0.6) is 0 Å². The predicted molar refractivity (Wildman–Crippen MR) is 74.3 cm³/mol. The van der Waals surface area contributed by atoms with Gasteiger partial charge in [-0.2, -0.15) is 0 Å². The Balaban J connectivity index is 2.26. The lowest BCUT2D eigenvalue weighted by Gasteiger charge is -2.23. The molecule has 0 aromatic heterocycles. The molecule has 0 radical (unpaired) electrons. The van der Waals surface area contributed by atoms with Crippen molar-refractivity contribution in [2.45, 2.75) is 39.5 Å². The fraction of sp³-hybridized carbons (Fsp3) is 0.562. The Labute approximate surface area is 118 Å². The maximum absolute atomic E-state index is 14.1. The van der Waals surface area contributed by atoms with Crippen molar-refractivity contribution in [1.29, 1.82) is 0 Å². The van der Waals surface area contributed by atoms with E-state index in [9.17, 15) is 13.6 Å². The third-order valence-electron chi connectivity index (χ3n) is 4.45. The van der Waals surface area contributed by atoms with Crippen LogP contribution in [0.15, 0.2) is 18.2 Å². The average Bonchev–Trinajstić information content (AvgIpc) is 2.89. The second-order valence-corrected chi connectivity index (χ2v) is 6.64. The lowest BCUT2D eigenvalue weighted by Crippen LogP contribution is -2.37. The van der Waals surface area contributed by atoms with Crippen molar-refractivity contribution in [1.82, 2.24) is 5.32 Å². The summed E-state index contributed by atoms with van der Waals surface area (Å²) in [6.07, 6.45) is 0.779. The first-order valence-corrected chi connectivity index (χ1v) is 6.93. The smallest absolute Gasteiger partial charge is 0.222 e. The Morgan fingerprint density at radius 1 is 1.35 bits per heavy atom. The van der Waals surface area contributed by atoms with Gasteiger partial charge in [0.2, 0.25) is 5.91 Å². The summed E-state index contributed by atoms with van der Waals surface area (Å²) in [5.74, 6) is -1.26. The third kappa shape index (κ3) is 2.43. The molecule has 1 aliphatic carbocycles. The van der Waals surface area contributed by atoms with E-state index in [2.05, 4.69) is 5.32 Å². The number of carbonyl (C=O) groups is 1. The van der Waals surface area contributed by atoms with E-state index in [-0.39, 0.29) is 17.2 Å². The van der Waals surface area contributed by atoms with E-state index in [0.29, 0.717) is 12.1 Å². The third-order valence-corrected chi connectivity index (χ3v) is 4.45. The van der Waals surface area contributed by atoms with Gasteiger partial charge in [0.15, 0.2) is 0 Å². The highest BCUT2D eigenvalue weighted by Gasteiger charge is 2.62. The Hall–Kier alpha value is -1.45. The second kappa shape index (κ2) is 4.83. The molecule has 1 amide bonds. The van der Waals surface area contributed by atoms with E-state index in [1.807, 2.05) is 27.7 Å². The van der Waals surface area contributed by atoms with Crippen molar-refractivity contribution in [3.8, 4) is 0 Å². The molecule has 1 unspecified atom stereocenters. The molecular weight excluding hydrogens is 260 g/mol. The van der Waals surface area contributed by atoms with E-state index in [1.165, 1.54) is 12.1 Å². The summed E-state index contributed by atoms with van der Waals surface area (Å²) in [6, 6.07) is 3.69. The van der Waals surface area contributed by atoms with Crippen LogP contribution in [0, 0.1) is 23.0 Å². The average molecular weight is 281 g/mol. The maximum Gasteiger partial charge on any atom is 0.222 e. The monoisotopic (exact) mass is 281 g/mol. The van der Waals surface area contributed by atoms with Crippen LogP contribution in [0.3, 0.4) is 0 Å². The molecule has 0 bridgehead atoms. The van der Waals surface area contributed by atoms with E-state index in [0.717, 1.165) is 12.5 Å². The fourth-order valence-electron chi connectivity index (χ4n) is 2.89. The standard InChI is InChI=1S/C16H21F2NO/c1-10(2)14(20)19-9-16(8-15(16,3)4)12-6-5-11(17)7-13(12)18/h5-7,10H,8-9H2,1-4H3,(H,19,20). The first-order chi connectivity index (χ1) is 9.19. The number of nitrogens with one attached hydrogen (secondary N) is 1. The summed E-state index contributed by atoms with van der Waals surface area (Å²) < 4.78 is 27.1. The quantitative estimate of drug-likeness (QED) is 0.900. The normalized spacial score (nSPS) is 23.8. The van der Waals surface area contributed by atoms with Gasteiger partial charge in [0.25, 0.3) is 0 Å². The van der Waals surface area contributed by atoms with E-state index in [4.69, 9.17) is 0 Å². The summed E-state index contributed by atoms with van der Waals surface area (Å²) in [5.41, 5.74) is -0.0430. The van der Waals surface area contributed by atoms with Crippen LogP contribution in [0.25, 0.3) is 0 Å². The van der Waals surface area contributed by atoms with E-state index >= 15 is 0 Å². The molecule has 1 N–H and O–H groups in total. The summed E-state index contributed by atoms with van der Waals surface area (Å²) in [5, 5.41) is 2.88. The highest BCUT2D eigenvalue weighted by Crippen LogP contribution is 2.64.